The van der Waals surface area contributed by atoms with E-state index < -0.39 is 17.3 Å². The highest BCUT2D eigenvalue weighted by molar-refractivity contribution is 6.30. The fraction of sp³-hybridized carbons (Fsp3) is 0.433. The van der Waals surface area contributed by atoms with Crippen molar-refractivity contribution in [3.63, 3.8) is 0 Å². The molecule has 216 valence electrons. The fourth-order valence-corrected chi connectivity index (χ4v) is 6.08. The van der Waals surface area contributed by atoms with E-state index in [1.807, 2.05) is 18.7 Å². The van der Waals surface area contributed by atoms with E-state index in [0.29, 0.717) is 53.9 Å². The van der Waals surface area contributed by atoms with Crippen LogP contribution in [0.15, 0.2) is 30.5 Å². The molecular weight excluding hydrogens is 547 g/mol. The summed E-state index contributed by atoms with van der Waals surface area (Å²) in [5.74, 6) is -0.352. The third kappa shape index (κ3) is 5.84. The van der Waals surface area contributed by atoms with Gasteiger partial charge in [-0.1, -0.05) is 24.4 Å². The van der Waals surface area contributed by atoms with E-state index in [4.69, 9.17) is 16.6 Å². The molecule has 0 bridgehead atoms. The molecule has 2 aromatic heterocycles. The standard InChI is InChI=1S/C30H34ClFN6O3/c1-17-13-24(34-18(2)25(17)29(40)41)37-11-12-38(30(3,4)16-37)28(39)23-15-33-27(26(36-23)19-7-5-6-8-19)35-20-9-10-21(31)22(32)14-20/h9-10,13-15,19H,5-8,11-12,16H2,1-4H3,(H,33,35)(H,40,41). The molecule has 0 atom stereocenters. The van der Waals surface area contributed by atoms with Crippen molar-refractivity contribution in [1.82, 2.24) is 19.9 Å². The Labute approximate surface area is 243 Å². The molecule has 11 heteroatoms. The second-order valence-corrected chi connectivity index (χ2v) is 11.9. The lowest BCUT2D eigenvalue weighted by molar-refractivity contribution is 0.0506. The number of anilines is 3. The molecule has 41 heavy (non-hydrogen) atoms. The number of halogens is 2. The van der Waals surface area contributed by atoms with Gasteiger partial charge in [-0.05, 0) is 70.4 Å². The summed E-state index contributed by atoms with van der Waals surface area (Å²) in [5.41, 5.74) is 2.28. The van der Waals surface area contributed by atoms with E-state index in [1.54, 1.807) is 26.0 Å². The van der Waals surface area contributed by atoms with Gasteiger partial charge >= 0.3 is 5.97 Å². The van der Waals surface area contributed by atoms with E-state index in [0.717, 1.165) is 25.7 Å². The average molecular weight is 581 g/mol. The Hall–Kier alpha value is -3.79. The minimum Gasteiger partial charge on any atom is -0.478 e. The smallest absolute Gasteiger partial charge is 0.337 e. The SMILES string of the molecule is Cc1cc(N2CCN(C(=O)c3cnc(Nc4ccc(Cl)c(F)c4)c(C4CCCC4)n3)C(C)(C)C2)nc(C)c1C(=O)O. The largest absolute Gasteiger partial charge is 0.478 e. The lowest BCUT2D eigenvalue weighted by Gasteiger charge is -2.47. The molecular formula is C30H34ClFN6O3. The first kappa shape index (κ1) is 28.7. The first-order chi connectivity index (χ1) is 19.4. The van der Waals surface area contributed by atoms with Crippen LogP contribution >= 0.6 is 11.6 Å². The number of hydrogen-bond donors (Lipinski definition) is 2. The van der Waals surface area contributed by atoms with Crippen molar-refractivity contribution in [3.8, 4) is 0 Å². The van der Waals surface area contributed by atoms with Gasteiger partial charge in [0.25, 0.3) is 5.91 Å². The monoisotopic (exact) mass is 580 g/mol. The molecule has 1 aromatic carbocycles. The zero-order valence-corrected chi connectivity index (χ0v) is 24.4. The Bertz CT molecular complexity index is 1480. The molecule has 3 heterocycles. The predicted molar refractivity (Wildman–Crippen MR) is 156 cm³/mol. The topological polar surface area (TPSA) is 112 Å². The highest BCUT2D eigenvalue weighted by atomic mass is 35.5. The van der Waals surface area contributed by atoms with E-state index in [2.05, 4.69) is 20.2 Å². The second-order valence-electron chi connectivity index (χ2n) is 11.5. The number of aromatic carboxylic acids is 1. The second kappa shape index (κ2) is 11.2. The summed E-state index contributed by atoms with van der Waals surface area (Å²) in [4.78, 5) is 43.3. The number of rotatable bonds is 6. The lowest BCUT2D eigenvalue weighted by atomic mass is 9.97. The molecule has 5 rings (SSSR count). The highest BCUT2D eigenvalue weighted by Gasteiger charge is 2.39. The van der Waals surface area contributed by atoms with Gasteiger partial charge in [-0.3, -0.25) is 4.79 Å². The number of aryl methyl sites for hydroxylation is 2. The van der Waals surface area contributed by atoms with Crippen molar-refractivity contribution in [2.75, 3.05) is 29.9 Å². The number of nitrogens with zero attached hydrogens (tertiary/aromatic N) is 5. The van der Waals surface area contributed by atoms with Crippen LogP contribution in [0, 0.1) is 19.7 Å². The maximum Gasteiger partial charge on any atom is 0.337 e. The van der Waals surface area contributed by atoms with Gasteiger partial charge in [0.05, 0.1) is 33.7 Å². The number of piperazine rings is 1. The quantitative estimate of drug-likeness (QED) is 0.359. The van der Waals surface area contributed by atoms with E-state index in [-0.39, 0.29) is 28.1 Å². The van der Waals surface area contributed by atoms with Gasteiger partial charge in [0.15, 0.2) is 5.82 Å². The van der Waals surface area contributed by atoms with Crippen molar-refractivity contribution in [1.29, 1.82) is 0 Å². The molecule has 0 spiro atoms. The lowest BCUT2D eigenvalue weighted by Crippen LogP contribution is -2.61. The minimum atomic E-state index is -0.991. The number of carbonyl (C=O) groups is 2. The van der Waals surface area contributed by atoms with Gasteiger partial charge in [0.2, 0.25) is 0 Å². The first-order valence-corrected chi connectivity index (χ1v) is 14.2. The zero-order valence-electron chi connectivity index (χ0n) is 23.7. The third-order valence-corrected chi connectivity index (χ3v) is 8.32. The molecule has 1 amide bonds. The zero-order chi connectivity index (χ0) is 29.5. The number of amides is 1. The van der Waals surface area contributed by atoms with Crippen LogP contribution in [0.3, 0.4) is 0 Å². The summed E-state index contributed by atoms with van der Waals surface area (Å²) in [6.07, 6.45) is 5.54. The Balaban J connectivity index is 1.39. The molecule has 3 aromatic rings. The molecule has 2 N–H and O–H groups in total. The van der Waals surface area contributed by atoms with Crippen LogP contribution < -0.4 is 10.2 Å². The molecule has 0 radical (unpaired) electrons. The Morgan fingerprint density at radius 1 is 1.12 bits per heavy atom. The van der Waals surface area contributed by atoms with Crippen LogP contribution in [-0.4, -0.2) is 62.0 Å². The number of carboxylic acids is 1. The Morgan fingerprint density at radius 3 is 2.49 bits per heavy atom. The number of carbonyl (C=O) groups excluding carboxylic acids is 1. The molecule has 2 aliphatic rings. The van der Waals surface area contributed by atoms with Crippen molar-refractivity contribution in [2.45, 2.75) is 64.8 Å². The van der Waals surface area contributed by atoms with Gasteiger partial charge in [-0.25, -0.2) is 24.1 Å². The number of aromatic nitrogens is 3. The third-order valence-electron chi connectivity index (χ3n) is 8.01. The summed E-state index contributed by atoms with van der Waals surface area (Å²) < 4.78 is 14.1. The van der Waals surface area contributed by atoms with Crippen LogP contribution in [0.1, 0.15) is 83.2 Å². The van der Waals surface area contributed by atoms with Crippen molar-refractivity contribution >= 4 is 40.8 Å². The molecule has 1 aliphatic heterocycles. The van der Waals surface area contributed by atoms with Crippen LogP contribution in [0.25, 0.3) is 0 Å². The number of carboxylic acid groups (broad SMARTS) is 1. The van der Waals surface area contributed by atoms with Crippen LogP contribution in [0.2, 0.25) is 5.02 Å². The van der Waals surface area contributed by atoms with Gasteiger partial charge in [0, 0.05) is 31.2 Å². The minimum absolute atomic E-state index is 0.0413. The Kier molecular flexibility index (Phi) is 7.87. The van der Waals surface area contributed by atoms with Crippen LogP contribution in [0.4, 0.5) is 21.7 Å². The first-order valence-electron chi connectivity index (χ1n) is 13.8. The maximum atomic E-state index is 14.1. The van der Waals surface area contributed by atoms with E-state index in [1.165, 1.54) is 18.3 Å². The summed E-state index contributed by atoms with van der Waals surface area (Å²) in [7, 11) is 0. The van der Waals surface area contributed by atoms with E-state index in [9.17, 15) is 19.1 Å². The van der Waals surface area contributed by atoms with E-state index >= 15 is 0 Å². The summed E-state index contributed by atoms with van der Waals surface area (Å²) >= 11 is 5.85. The number of pyridine rings is 1. The van der Waals surface area contributed by atoms with Crippen molar-refractivity contribution in [2.24, 2.45) is 0 Å². The number of nitrogens with one attached hydrogen (secondary N) is 1. The van der Waals surface area contributed by atoms with Gasteiger partial charge in [-0.15, -0.1) is 0 Å². The normalized spacial score (nSPS) is 17.1. The molecule has 0 unspecified atom stereocenters. The van der Waals surface area contributed by atoms with Crippen LogP contribution in [0.5, 0.6) is 0 Å². The molecule has 9 nitrogen and oxygen atoms in total. The van der Waals surface area contributed by atoms with Gasteiger partial charge in [-0.2, -0.15) is 0 Å². The summed E-state index contributed by atoms with van der Waals surface area (Å²) in [6, 6.07) is 6.28. The predicted octanol–water partition coefficient (Wildman–Crippen LogP) is 6.12. The summed E-state index contributed by atoms with van der Waals surface area (Å²) in [5, 5.41) is 12.7. The molecule has 1 aliphatic carbocycles. The number of hydrogen-bond acceptors (Lipinski definition) is 7. The Morgan fingerprint density at radius 2 is 1.85 bits per heavy atom. The summed E-state index contributed by atoms with van der Waals surface area (Å²) in [6.45, 7) is 8.97. The molecule has 1 saturated carbocycles. The van der Waals surface area contributed by atoms with Crippen molar-refractivity contribution < 1.29 is 19.1 Å². The number of benzene rings is 1. The van der Waals surface area contributed by atoms with Crippen LogP contribution in [-0.2, 0) is 0 Å². The average Bonchev–Trinajstić information content (AvgIpc) is 3.44. The fourth-order valence-electron chi connectivity index (χ4n) is 5.96. The maximum absolute atomic E-state index is 14.1. The van der Waals surface area contributed by atoms with Gasteiger partial charge < -0.3 is 20.2 Å². The molecule has 1 saturated heterocycles. The van der Waals surface area contributed by atoms with Crippen molar-refractivity contribution in [3.05, 3.63) is 69.5 Å². The molecule has 2 fully saturated rings. The highest BCUT2D eigenvalue weighted by Crippen LogP contribution is 2.37. The van der Waals surface area contributed by atoms with Gasteiger partial charge in [0.1, 0.15) is 17.3 Å².